The van der Waals surface area contributed by atoms with Crippen LogP contribution in [0.5, 0.6) is 0 Å². The summed E-state index contributed by atoms with van der Waals surface area (Å²) in [6.45, 7) is 7.41. The fourth-order valence-corrected chi connectivity index (χ4v) is 2.52. The molecule has 3 heterocycles. The molecule has 0 aromatic carbocycles. The van der Waals surface area contributed by atoms with E-state index in [0.29, 0.717) is 17.4 Å². The van der Waals surface area contributed by atoms with Gasteiger partial charge in [-0.25, -0.2) is 9.48 Å². The fraction of sp³-hybridized carbons (Fsp3) is 0.438. The molecule has 25 heavy (non-hydrogen) atoms. The highest BCUT2D eigenvalue weighted by Gasteiger charge is 2.29. The molecule has 3 rings (SSSR count). The quantitative estimate of drug-likeness (QED) is 0.700. The first-order chi connectivity index (χ1) is 11.8. The average molecular weight is 344 g/mol. The minimum atomic E-state index is -0.484. The van der Waals surface area contributed by atoms with Gasteiger partial charge < -0.3 is 9.32 Å². The molecule has 0 aliphatic carbocycles. The van der Waals surface area contributed by atoms with E-state index in [1.807, 2.05) is 20.8 Å². The molecule has 9 heteroatoms. The topological polar surface area (TPSA) is 98.5 Å². The third-order valence-corrected chi connectivity index (χ3v) is 3.75. The van der Waals surface area contributed by atoms with Gasteiger partial charge in [-0.15, -0.1) is 15.3 Å². The number of aromatic nitrogens is 5. The molecule has 0 aliphatic heterocycles. The van der Waals surface area contributed by atoms with E-state index in [2.05, 4.69) is 15.3 Å². The van der Waals surface area contributed by atoms with Crippen LogP contribution in [0.4, 0.5) is 0 Å². The second-order valence-corrected chi connectivity index (χ2v) is 6.73. The second kappa shape index (κ2) is 6.15. The molecule has 9 nitrogen and oxygen atoms in total. The molecular weight excluding hydrogens is 324 g/mol. The summed E-state index contributed by atoms with van der Waals surface area (Å²) < 4.78 is 7.94. The highest BCUT2D eigenvalue weighted by molar-refractivity contribution is 5.76. The summed E-state index contributed by atoms with van der Waals surface area (Å²) in [5, 5.41) is 11.9. The maximum atomic E-state index is 12.8. The van der Waals surface area contributed by atoms with Crippen molar-refractivity contribution < 1.29 is 9.21 Å². The van der Waals surface area contributed by atoms with Gasteiger partial charge in [-0.3, -0.25) is 9.20 Å². The third kappa shape index (κ3) is 3.44. The van der Waals surface area contributed by atoms with Gasteiger partial charge in [0.2, 0.25) is 17.7 Å². The molecule has 0 bridgehead atoms. The Kier molecular flexibility index (Phi) is 4.15. The van der Waals surface area contributed by atoms with Gasteiger partial charge >= 0.3 is 5.69 Å². The molecule has 0 atom stereocenters. The first-order valence-corrected chi connectivity index (χ1v) is 7.89. The number of hydrogen-bond donors (Lipinski definition) is 0. The van der Waals surface area contributed by atoms with Crippen LogP contribution >= 0.6 is 0 Å². The van der Waals surface area contributed by atoms with E-state index >= 15 is 0 Å². The molecule has 3 aromatic rings. The van der Waals surface area contributed by atoms with E-state index in [-0.39, 0.29) is 24.7 Å². The first kappa shape index (κ1) is 16.9. The van der Waals surface area contributed by atoms with Crippen LogP contribution in [-0.4, -0.2) is 40.7 Å². The number of rotatable bonds is 4. The molecule has 0 saturated carbocycles. The van der Waals surface area contributed by atoms with Crippen molar-refractivity contribution in [1.29, 1.82) is 0 Å². The Morgan fingerprint density at radius 1 is 1.28 bits per heavy atom. The highest BCUT2D eigenvalue weighted by atomic mass is 16.4. The number of aryl methyl sites for hydroxylation is 1. The third-order valence-electron chi connectivity index (χ3n) is 3.75. The molecule has 1 amide bonds. The Hall–Kier alpha value is -2.97. The van der Waals surface area contributed by atoms with Crippen LogP contribution in [0.25, 0.3) is 5.65 Å². The van der Waals surface area contributed by atoms with Gasteiger partial charge in [-0.2, -0.15) is 0 Å². The van der Waals surface area contributed by atoms with Crippen molar-refractivity contribution in [3.63, 3.8) is 0 Å². The molecule has 3 aromatic heterocycles. The van der Waals surface area contributed by atoms with Gasteiger partial charge in [0.25, 0.3) is 0 Å². The van der Waals surface area contributed by atoms with Gasteiger partial charge in [0.05, 0.1) is 6.54 Å². The monoisotopic (exact) mass is 344 g/mol. The Balaban J connectivity index is 1.87. The van der Waals surface area contributed by atoms with E-state index in [1.54, 1.807) is 36.2 Å². The Morgan fingerprint density at radius 2 is 2.04 bits per heavy atom. The standard InChI is InChI=1S/C16H20N6O3/c1-11-17-18-13(25-11)9-21(16(2,3)4)14(23)10-22-15(24)20-8-6-5-7-12(20)19-22/h5-8H,9-10H2,1-4H3. The minimum absolute atomic E-state index is 0.162. The number of amides is 1. The van der Waals surface area contributed by atoms with Crippen LogP contribution in [0.2, 0.25) is 0 Å². The summed E-state index contributed by atoms with van der Waals surface area (Å²) in [5.74, 6) is 0.532. The molecular formula is C16H20N6O3. The first-order valence-electron chi connectivity index (χ1n) is 7.89. The van der Waals surface area contributed by atoms with Crippen molar-refractivity contribution in [2.24, 2.45) is 0 Å². The lowest BCUT2D eigenvalue weighted by atomic mass is 10.1. The molecule has 0 saturated heterocycles. The fourth-order valence-electron chi connectivity index (χ4n) is 2.52. The molecule has 0 unspecified atom stereocenters. The van der Waals surface area contributed by atoms with Crippen molar-refractivity contribution in [3.8, 4) is 0 Å². The average Bonchev–Trinajstić information content (AvgIpc) is 3.08. The van der Waals surface area contributed by atoms with Crippen LogP contribution in [-0.2, 0) is 17.9 Å². The van der Waals surface area contributed by atoms with Gasteiger partial charge in [-0.1, -0.05) is 6.07 Å². The van der Waals surface area contributed by atoms with Gasteiger partial charge in [0.1, 0.15) is 6.54 Å². The zero-order chi connectivity index (χ0) is 18.2. The number of hydrogen-bond acceptors (Lipinski definition) is 6. The lowest BCUT2D eigenvalue weighted by Crippen LogP contribution is -2.47. The lowest BCUT2D eigenvalue weighted by Gasteiger charge is -2.34. The molecule has 0 fully saturated rings. The van der Waals surface area contributed by atoms with E-state index in [0.717, 1.165) is 4.68 Å². The Bertz CT molecular complexity index is 962. The summed E-state index contributed by atoms with van der Waals surface area (Å²) in [6, 6.07) is 5.24. The summed E-state index contributed by atoms with van der Waals surface area (Å²) >= 11 is 0. The summed E-state index contributed by atoms with van der Waals surface area (Å²) in [6.07, 6.45) is 1.62. The maximum absolute atomic E-state index is 12.8. The molecule has 0 aliphatic rings. The number of carbonyl (C=O) groups is 1. The van der Waals surface area contributed by atoms with Crippen molar-refractivity contribution in [2.75, 3.05) is 0 Å². The van der Waals surface area contributed by atoms with E-state index in [1.165, 1.54) is 4.40 Å². The Morgan fingerprint density at radius 3 is 2.64 bits per heavy atom. The van der Waals surface area contributed by atoms with Gasteiger partial charge in [0, 0.05) is 18.7 Å². The van der Waals surface area contributed by atoms with Crippen molar-refractivity contribution in [3.05, 3.63) is 46.7 Å². The van der Waals surface area contributed by atoms with Crippen LogP contribution in [0.3, 0.4) is 0 Å². The predicted octanol–water partition coefficient (Wildman–Crippen LogP) is 1.01. The molecule has 132 valence electrons. The number of nitrogens with zero attached hydrogens (tertiary/aromatic N) is 6. The smallest absolute Gasteiger partial charge is 0.350 e. The van der Waals surface area contributed by atoms with Gasteiger partial charge in [-0.05, 0) is 32.9 Å². The molecule has 0 spiro atoms. The van der Waals surface area contributed by atoms with E-state index < -0.39 is 5.54 Å². The summed E-state index contributed by atoms with van der Waals surface area (Å²) in [7, 11) is 0. The summed E-state index contributed by atoms with van der Waals surface area (Å²) in [4.78, 5) is 26.8. The SMILES string of the molecule is Cc1nnc(CN(C(=O)Cn2nc3ccccn3c2=O)C(C)(C)C)o1. The zero-order valence-electron chi connectivity index (χ0n) is 14.6. The number of carbonyl (C=O) groups excluding carboxylic acids is 1. The van der Waals surface area contributed by atoms with Crippen LogP contribution in [0, 0.1) is 6.92 Å². The van der Waals surface area contributed by atoms with Crippen LogP contribution < -0.4 is 5.69 Å². The minimum Gasteiger partial charge on any atom is -0.424 e. The van der Waals surface area contributed by atoms with E-state index in [9.17, 15) is 9.59 Å². The predicted molar refractivity (Wildman–Crippen MR) is 88.8 cm³/mol. The second-order valence-electron chi connectivity index (χ2n) is 6.73. The zero-order valence-corrected chi connectivity index (χ0v) is 14.6. The number of pyridine rings is 1. The maximum Gasteiger partial charge on any atom is 0.350 e. The summed E-state index contributed by atoms with van der Waals surface area (Å²) in [5.41, 5.74) is -0.344. The lowest BCUT2D eigenvalue weighted by molar-refractivity contribution is -0.138. The van der Waals surface area contributed by atoms with Crippen molar-refractivity contribution in [2.45, 2.75) is 46.3 Å². The molecule has 0 N–H and O–H groups in total. The largest absolute Gasteiger partial charge is 0.424 e. The van der Waals surface area contributed by atoms with E-state index in [4.69, 9.17) is 4.42 Å². The van der Waals surface area contributed by atoms with Gasteiger partial charge in [0.15, 0.2) is 5.65 Å². The normalized spacial score (nSPS) is 11.8. The van der Waals surface area contributed by atoms with Crippen LogP contribution in [0.15, 0.2) is 33.6 Å². The Labute approximate surface area is 143 Å². The molecule has 0 radical (unpaired) electrons. The van der Waals surface area contributed by atoms with Crippen LogP contribution in [0.1, 0.15) is 32.6 Å². The van der Waals surface area contributed by atoms with Crippen molar-refractivity contribution >= 4 is 11.6 Å². The highest BCUT2D eigenvalue weighted by Crippen LogP contribution is 2.17. The number of fused-ring (bicyclic) bond motifs is 1. The van der Waals surface area contributed by atoms with Crippen molar-refractivity contribution in [1.82, 2.24) is 29.3 Å².